The summed E-state index contributed by atoms with van der Waals surface area (Å²) >= 11 is 0. The molecule has 0 aliphatic rings. The van der Waals surface area contributed by atoms with Gasteiger partial charge in [-0.3, -0.25) is 0 Å². The molecule has 0 unspecified atom stereocenters. The van der Waals surface area contributed by atoms with Crippen LogP contribution in [0.3, 0.4) is 0 Å². The zero-order valence-electron chi connectivity index (χ0n) is 14.7. The summed E-state index contributed by atoms with van der Waals surface area (Å²) in [6.07, 6.45) is 4.03. The molecule has 3 nitrogen and oxygen atoms in total. The number of rotatable bonds is 3. The molecule has 2 heterocycles. The highest BCUT2D eigenvalue weighted by Crippen LogP contribution is 2.32. The van der Waals surface area contributed by atoms with Crippen molar-refractivity contribution in [2.75, 3.05) is 0 Å². The summed E-state index contributed by atoms with van der Waals surface area (Å²) in [6, 6.07) is 31.4. The van der Waals surface area contributed by atoms with Crippen molar-refractivity contribution in [1.29, 1.82) is 0 Å². The molecule has 2 aromatic heterocycles. The first-order valence-corrected chi connectivity index (χ1v) is 8.95. The maximum Gasteiger partial charge on any atom is 0.0878 e. The molecule has 128 valence electrons. The minimum atomic E-state index is 0.985. The largest absolute Gasteiger partial charge is 0.212 e. The Morgan fingerprint density at radius 1 is 0.778 bits per heavy atom. The number of aromatic nitrogens is 3. The molecular formula is C24H17N3. The molecule has 3 aromatic carbocycles. The Bertz CT molecular complexity index is 1250. The predicted molar refractivity (Wildman–Crippen MR) is 110 cm³/mol. The topological polar surface area (TPSA) is 30.2 Å². The molecule has 0 bridgehead atoms. The quantitative estimate of drug-likeness (QED) is 0.405. The van der Waals surface area contributed by atoms with E-state index in [1.54, 1.807) is 6.20 Å². The van der Waals surface area contributed by atoms with Crippen molar-refractivity contribution >= 4 is 27.9 Å². The van der Waals surface area contributed by atoms with Crippen molar-refractivity contribution in [1.82, 2.24) is 14.8 Å². The zero-order valence-corrected chi connectivity index (χ0v) is 14.7. The van der Waals surface area contributed by atoms with Crippen LogP contribution in [-0.4, -0.2) is 14.8 Å². The van der Waals surface area contributed by atoms with Gasteiger partial charge in [-0.15, -0.1) is 5.10 Å². The Morgan fingerprint density at radius 2 is 1.48 bits per heavy atom. The normalized spacial score (nSPS) is 11.9. The second-order valence-corrected chi connectivity index (χ2v) is 6.49. The lowest BCUT2D eigenvalue weighted by Crippen LogP contribution is -2.01. The van der Waals surface area contributed by atoms with Gasteiger partial charge in [0.15, 0.2) is 0 Å². The van der Waals surface area contributed by atoms with Crippen LogP contribution in [0.4, 0.5) is 0 Å². The van der Waals surface area contributed by atoms with Crippen LogP contribution in [0.2, 0.25) is 0 Å². The van der Waals surface area contributed by atoms with Gasteiger partial charge >= 0.3 is 0 Å². The summed E-state index contributed by atoms with van der Waals surface area (Å²) in [6.45, 7) is 0. The van der Waals surface area contributed by atoms with Crippen LogP contribution in [0.25, 0.3) is 27.9 Å². The van der Waals surface area contributed by atoms with Crippen molar-refractivity contribution < 1.29 is 0 Å². The number of fused-ring (bicyclic) bond motifs is 2. The van der Waals surface area contributed by atoms with E-state index < -0.39 is 0 Å². The van der Waals surface area contributed by atoms with Crippen LogP contribution in [0, 0.1) is 0 Å². The van der Waals surface area contributed by atoms with Gasteiger partial charge in [-0.25, -0.2) is 4.52 Å². The second-order valence-electron chi connectivity index (χ2n) is 6.49. The second kappa shape index (κ2) is 6.54. The summed E-state index contributed by atoms with van der Waals surface area (Å²) in [7, 11) is 0. The van der Waals surface area contributed by atoms with E-state index in [4.69, 9.17) is 0 Å². The molecule has 3 heteroatoms. The Hall–Kier alpha value is -3.72. The van der Waals surface area contributed by atoms with E-state index in [1.165, 1.54) is 5.39 Å². The highest BCUT2D eigenvalue weighted by molar-refractivity contribution is 6.02. The lowest BCUT2D eigenvalue weighted by Gasteiger charge is -2.14. The minimum Gasteiger partial charge on any atom is -0.212 e. The fourth-order valence-electron chi connectivity index (χ4n) is 3.51. The number of hydrogen-bond donors (Lipinski definition) is 0. The number of hydrogen-bond acceptors (Lipinski definition) is 2. The lowest BCUT2D eigenvalue weighted by atomic mass is 9.95. The van der Waals surface area contributed by atoms with Crippen LogP contribution in [0.15, 0.2) is 97.2 Å². The molecule has 0 fully saturated rings. The standard InChI is InChI=1S/C24H17N3/c1-3-9-18(10-4-1)15-23(19-11-5-2-6-12-19)24-22-14-8-7-13-20(22)16-21-17-25-26-27(21)24/h1-17H/b23-15+. The molecule has 0 N–H and O–H groups in total. The Morgan fingerprint density at radius 3 is 2.30 bits per heavy atom. The van der Waals surface area contributed by atoms with E-state index in [2.05, 4.69) is 95.3 Å². The third-order valence-corrected chi connectivity index (χ3v) is 4.76. The van der Waals surface area contributed by atoms with Crippen molar-refractivity contribution in [3.8, 4) is 0 Å². The SMILES string of the molecule is C(=C(/c1ccccc1)c1c2ccccc2cc2cnnn12)/c1ccccc1. The first-order chi connectivity index (χ1) is 13.4. The van der Waals surface area contributed by atoms with E-state index in [-0.39, 0.29) is 0 Å². The fourth-order valence-corrected chi connectivity index (χ4v) is 3.51. The molecule has 0 saturated carbocycles. The van der Waals surface area contributed by atoms with Crippen LogP contribution >= 0.6 is 0 Å². The fraction of sp³-hybridized carbons (Fsp3) is 0. The van der Waals surface area contributed by atoms with Gasteiger partial charge in [0.2, 0.25) is 0 Å². The molecule has 0 aliphatic carbocycles. The number of nitrogens with zero attached hydrogens (tertiary/aromatic N) is 3. The van der Waals surface area contributed by atoms with Gasteiger partial charge in [-0.1, -0.05) is 90.1 Å². The van der Waals surface area contributed by atoms with Gasteiger partial charge in [0.05, 0.1) is 17.4 Å². The van der Waals surface area contributed by atoms with Gasteiger partial charge in [0.25, 0.3) is 0 Å². The third kappa shape index (κ3) is 2.79. The minimum absolute atomic E-state index is 0.985. The monoisotopic (exact) mass is 347 g/mol. The summed E-state index contributed by atoms with van der Waals surface area (Å²) < 4.78 is 1.93. The van der Waals surface area contributed by atoms with E-state index in [0.717, 1.165) is 33.3 Å². The summed E-state index contributed by atoms with van der Waals surface area (Å²) in [5.74, 6) is 0. The van der Waals surface area contributed by atoms with Crippen LogP contribution in [0.1, 0.15) is 16.8 Å². The van der Waals surface area contributed by atoms with Crippen molar-refractivity contribution in [3.05, 3.63) is 114 Å². The van der Waals surface area contributed by atoms with Crippen molar-refractivity contribution in [2.45, 2.75) is 0 Å². The Balaban J connectivity index is 1.90. The first kappa shape index (κ1) is 15.5. The van der Waals surface area contributed by atoms with E-state index in [0.29, 0.717) is 0 Å². The molecule has 5 aromatic rings. The maximum atomic E-state index is 4.38. The Kier molecular flexibility index (Phi) is 3.76. The third-order valence-electron chi connectivity index (χ3n) is 4.76. The van der Waals surface area contributed by atoms with Gasteiger partial charge in [-0.2, -0.15) is 0 Å². The van der Waals surface area contributed by atoms with E-state index in [1.807, 2.05) is 16.6 Å². The maximum absolute atomic E-state index is 4.38. The molecule has 0 aliphatic heterocycles. The molecule has 0 amide bonds. The van der Waals surface area contributed by atoms with E-state index >= 15 is 0 Å². The average molecular weight is 347 g/mol. The van der Waals surface area contributed by atoms with Crippen LogP contribution in [0.5, 0.6) is 0 Å². The molecule has 0 radical (unpaired) electrons. The van der Waals surface area contributed by atoms with Gasteiger partial charge in [-0.05, 0) is 28.7 Å². The molecule has 5 rings (SSSR count). The summed E-state index contributed by atoms with van der Waals surface area (Å²) in [5, 5.41) is 10.9. The zero-order chi connectivity index (χ0) is 18.1. The van der Waals surface area contributed by atoms with Crippen LogP contribution in [-0.2, 0) is 0 Å². The summed E-state index contributed by atoms with van der Waals surface area (Å²) in [5.41, 5.74) is 5.45. The number of pyridine rings is 1. The molecular weight excluding hydrogens is 330 g/mol. The smallest absolute Gasteiger partial charge is 0.0878 e. The molecule has 27 heavy (non-hydrogen) atoms. The van der Waals surface area contributed by atoms with Crippen LogP contribution < -0.4 is 0 Å². The summed E-state index contributed by atoms with van der Waals surface area (Å²) in [4.78, 5) is 0. The molecule has 0 atom stereocenters. The van der Waals surface area contributed by atoms with Crippen molar-refractivity contribution in [2.24, 2.45) is 0 Å². The highest BCUT2D eigenvalue weighted by atomic mass is 15.4. The highest BCUT2D eigenvalue weighted by Gasteiger charge is 2.15. The van der Waals surface area contributed by atoms with Crippen molar-refractivity contribution in [3.63, 3.8) is 0 Å². The lowest BCUT2D eigenvalue weighted by molar-refractivity contribution is 0.850. The van der Waals surface area contributed by atoms with Gasteiger partial charge in [0.1, 0.15) is 0 Å². The Labute approximate surface area is 157 Å². The number of benzene rings is 3. The first-order valence-electron chi connectivity index (χ1n) is 8.95. The van der Waals surface area contributed by atoms with E-state index in [9.17, 15) is 0 Å². The van der Waals surface area contributed by atoms with Gasteiger partial charge in [0, 0.05) is 11.0 Å². The average Bonchev–Trinajstić information content (AvgIpc) is 3.20. The molecule has 0 spiro atoms. The molecule has 0 saturated heterocycles. The van der Waals surface area contributed by atoms with Gasteiger partial charge < -0.3 is 0 Å². The predicted octanol–water partition coefficient (Wildman–Crippen LogP) is 5.47.